The number of amides is 1. The van der Waals surface area contributed by atoms with E-state index >= 15 is 0 Å². The van der Waals surface area contributed by atoms with Gasteiger partial charge in [-0.05, 0) is 23.8 Å². The lowest BCUT2D eigenvalue weighted by atomic mass is 10.1. The van der Waals surface area contributed by atoms with Crippen LogP contribution in [0, 0.1) is 0 Å². The number of aromatic nitrogens is 1. The van der Waals surface area contributed by atoms with Crippen molar-refractivity contribution in [2.75, 3.05) is 25.1 Å². The highest BCUT2D eigenvalue weighted by Gasteiger charge is 2.14. The molecule has 0 fully saturated rings. The topological polar surface area (TPSA) is 69.7 Å². The van der Waals surface area contributed by atoms with Crippen molar-refractivity contribution in [2.24, 2.45) is 0 Å². The third kappa shape index (κ3) is 4.45. The predicted molar refractivity (Wildman–Crippen MR) is 103 cm³/mol. The smallest absolute Gasteiger partial charge is 0.252 e. The van der Waals surface area contributed by atoms with Crippen molar-refractivity contribution >= 4 is 22.4 Å². The molecule has 4 rings (SSSR count). The van der Waals surface area contributed by atoms with Crippen molar-refractivity contribution in [3.8, 4) is 22.8 Å². The van der Waals surface area contributed by atoms with Gasteiger partial charge in [-0.15, -0.1) is 11.3 Å². The summed E-state index contributed by atoms with van der Waals surface area (Å²) in [6.07, 6.45) is 0. The van der Waals surface area contributed by atoms with Crippen molar-refractivity contribution in [2.45, 2.75) is 6.61 Å². The Labute approximate surface area is 160 Å². The maximum absolute atomic E-state index is 12.0. The summed E-state index contributed by atoms with van der Waals surface area (Å²) in [4.78, 5) is 16.5. The van der Waals surface area contributed by atoms with Gasteiger partial charge in [0.05, 0.1) is 12.3 Å². The molecule has 1 aliphatic heterocycles. The first-order valence-electron chi connectivity index (χ1n) is 8.55. The van der Waals surface area contributed by atoms with Crippen LogP contribution in [0.5, 0.6) is 11.5 Å². The molecular formula is C20H18N2O4S. The van der Waals surface area contributed by atoms with Gasteiger partial charge >= 0.3 is 0 Å². The van der Waals surface area contributed by atoms with E-state index in [0.717, 1.165) is 22.6 Å². The van der Waals surface area contributed by atoms with E-state index < -0.39 is 0 Å². The molecule has 1 aliphatic rings. The molecule has 2 heterocycles. The molecule has 1 aromatic heterocycles. The second-order valence-corrected chi connectivity index (χ2v) is 6.78. The van der Waals surface area contributed by atoms with Crippen molar-refractivity contribution in [3.05, 3.63) is 59.5 Å². The van der Waals surface area contributed by atoms with Gasteiger partial charge in [0.2, 0.25) is 0 Å². The molecule has 0 aliphatic carbocycles. The van der Waals surface area contributed by atoms with Crippen LogP contribution < -0.4 is 14.8 Å². The Morgan fingerprint density at radius 2 is 1.93 bits per heavy atom. The third-order valence-corrected chi connectivity index (χ3v) is 4.69. The van der Waals surface area contributed by atoms with E-state index in [1.54, 1.807) is 0 Å². The molecule has 0 radical (unpaired) electrons. The van der Waals surface area contributed by atoms with E-state index in [1.165, 1.54) is 11.3 Å². The number of thiazole rings is 1. The summed E-state index contributed by atoms with van der Waals surface area (Å²) < 4.78 is 16.6. The minimum absolute atomic E-state index is 0.0200. The predicted octanol–water partition coefficient (Wildman–Crippen LogP) is 3.74. The largest absolute Gasteiger partial charge is 0.486 e. The maximum atomic E-state index is 12.0. The average Bonchev–Trinajstić information content (AvgIpc) is 3.17. The molecule has 3 aromatic rings. The zero-order valence-electron chi connectivity index (χ0n) is 14.5. The maximum Gasteiger partial charge on any atom is 0.252 e. The molecule has 0 bridgehead atoms. The van der Waals surface area contributed by atoms with Crippen molar-refractivity contribution in [1.82, 2.24) is 4.98 Å². The van der Waals surface area contributed by atoms with Crippen LogP contribution >= 0.6 is 11.3 Å². The number of anilines is 1. The van der Waals surface area contributed by atoms with E-state index in [9.17, 15) is 4.79 Å². The Bertz CT molecular complexity index is 927. The minimum atomic E-state index is -0.228. The van der Waals surface area contributed by atoms with E-state index in [2.05, 4.69) is 10.3 Å². The fraction of sp³-hybridized carbons (Fsp3) is 0.200. The molecule has 0 saturated carbocycles. The summed E-state index contributed by atoms with van der Waals surface area (Å²) in [5.74, 6) is 1.23. The van der Waals surface area contributed by atoms with Crippen molar-refractivity contribution in [1.29, 1.82) is 0 Å². The number of benzene rings is 2. The molecule has 7 heteroatoms. The monoisotopic (exact) mass is 382 g/mol. The molecule has 27 heavy (non-hydrogen) atoms. The number of nitrogens with zero attached hydrogens (tertiary/aromatic N) is 1. The summed E-state index contributed by atoms with van der Waals surface area (Å²) in [5, 5.41) is 5.20. The first-order valence-corrected chi connectivity index (χ1v) is 9.43. The lowest BCUT2D eigenvalue weighted by Gasteiger charge is -2.18. The third-order valence-electron chi connectivity index (χ3n) is 3.93. The number of carbonyl (C=O) groups excluding carboxylic acids is 1. The van der Waals surface area contributed by atoms with Gasteiger partial charge < -0.3 is 14.2 Å². The average molecular weight is 382 g/mol. The van der Waals surface area contributed by atoms with Gasteiger partial charge in [0.15, 0.2) is 16.6 Å². The van der Waals surface area contributed by atoms with E-state index in [1.807, 2.05) is 53.9 Å². The Hall–Kier alpha value is -2.90. The summed E-state index contributed by atoms with van der Waals surface area (Å²) in [5.41, 5.74) is 2.72. The first kappa shape index (κ1) is 17.5. The minimum Gasteiger partial charge on any atom is -0.486 e. The fourth-order valence-corrected chi connectivity index (χ4v) is 3.39. The molecule has 0 spiro atoms. The number of rotatable bonds is 6. The van der Waals surface area contributed by atoms with Crippen LogP contribution in [0.2, 0.25) is 0 Å². The molecule has 1 amide bonds. The Kier molecular flexibility index (Phi) is 5.32. The SMILES string of the molecule is O=C(COCc1ccccc1)Nc1nc(-c2ccc3c(c2)OCCO3)cs1. The second kappa shape index (κ2) is 8.20. The van der Waals surface area contributed by atoms with Gasteiger partial charge in [0, 0.05) is 10.9 Å². The summed E-state index contributed by atoms with van der Waals surface area (Å²) in [7, 11) is 0. The standard InChI is InChI=1S/C20H18N2O4S/c23-19(12-24-11-14-4-2-1-3-5-14)22-20-21-16(13-27-20)15-6-7-17-18(10-15)26-9-8-25-17/h1-7,10,13H,8-9,11-12H2,(H,21,22,23). The Morgan fingerprint density at radius 3 is 2.78 bits per heavy atom. The number of ether oxygens (including phenoxy) is 3. The zero-order valence-corrected chi connectivity index (χ0v) is 15.3. The van der Waals surface area contributed by atoms with Crippen LogP contribution in [0.4, 0.5) is 5.13 Å². The quantitative estimate of drug-likeness (QED) is 0.703. The van der Waals surface area contributed by atoms with E-state index in [-0.39, 0.29) is 12.5 Å². The van der Waals surface area contributed by atoms with Crippen molar-refractivity contribution in [3.63, 3.8) is 0 Å². The van der Waals surface area contributed by atoms with Gasteiger partial charge in [-0.25, -0.2) is 4.98 Å². The van der Waals surface area contributed by atoms with Crippen LogP contribution in [0.15, 0.2) is 53.9 Å². The van der Waals surface area contributed by atoms with Gasteiger partial charge in [-0.1, -0.05) is 30.3 Å². The van der Waals surface area contributed by atoms with E-state index in [4.69, 9.17) is 14.2 Å². The van der Waals surface area contributed by atoms with E-state index in [0.29, 0.717) is 30.7 Å². The second-order valence-electron chi connectivity index (χ2n) is 5.92. The number of hydrogen-bond donors (Lipinski definition) is 1. The lowest BCUT2D eigenvalue weighted by molar-refractivity contribution is -0.121. The molecule has 2 aromatic carbocycles. The Balaban J connectivity index is 1.33. The molecule has 138 valence electrons. The highest BCUT2D eigenvalue weighted by molar-refractivity contribution is 7.14. The van der Waals surface area contributed by atoms with Gasteiger partial charge in [-0.2, -0.15) is 0 Å². The van der Waals surface area contributed by atoms with Crippen LogP contribution in [0.1, 0.15) is 5.56 Å². The zero-order chi connectivity index (χ0) is 18.5. The fourth-order valence-electron chi connectivity index (χ4n) is 2.66. The van der Waals surface area contributed by atoms with Gasteiger partial charge in [0.1, 0.15) is 19.8 Å². The molecule has 0 atom stereocenters. The molecule has 0 unspecified atom stereocenters. The van der Waals surface area contributed by atoms with Crippen LogP contribution in [0.3, 0.4) is 0 Å². The number of nitrogens with one attached hydrogen (secondary N) is 1. The number of hydrogen-bond acceptors (Lipinski definition) is 6. The number of carbonyl (C=O) groups is 1. The highest BCUT2D eigenvalue weighted by atomic mass is 32.1. The van der Waals surface area contributed by atoms with Crippen LogP contribution in [0.25, 0.3) is 11.3 Å². The van der Waals surface area contributed by atoms with Crippen LogP contribution in [-0.2, 0) is 16.1 Å². The van der Waals surface area contributed by atoms with Gasteiger partial charge in [-0.3, -0.25) is 10.1 Å². The van der Waals surface area contributed by atoms with Crippen LogP contribution in [-0.4, -0.2) is 30.7 Å². The lowest BCUT2D eigenvalue weighted by Crippen LogP contribution is -2.18. The molecular weight excluding hydrogens is 364 g/mol. The Morgan fingerprint density at radius 1 is 1.11 bits per heavy atom. The normalized spacial score (nSPS) is 12.6. The first-order chi connectivity index (χ1) is 13.3. The molecule has 0 saturated heterocycles. The summed E-state index contributed by atoms with van der Waals surface area (Å²) >= 11 is 1.37. The molecule has 1 N–H and O–H groups in total. The summed E-state index contributed by atoms with van der Waals surface area (Å²) in [6.45, 7) is 1.48. The molecule has 6 nitrogen and oxygen atoms in total. The number of fused-ring (bicyclic) bond motifs is 1. The van der Waals surface area contributed by atoms with Crippen molar-refractivity contribution < 1.29 is 19.0 Å². The summed E-state index contributed by atoms with van der Waals surface area (Å²) in [6, 6.07) is 15.4. The van der Waals surface area contributed by atoms with Gasteiger partial charge in [0.25, 0.3) is 5.91 Å². The highest BCUT2D eigenvalue weighted by Crippen LogP contribution is 2.35.